The van der Waals surface area contributed by atoms with Gasteiger partial charge in [0.05, 0.1) is 12.2 Å². The van der Waals surface area contributed by atoms with E-state index >= 15 is 0 Å². The average molecular weight is 337 g/mol. The Morgan fingerprint density at radius 2 is 1.83 bits per heavy atom. The van der Waals surface area contributed by atoms with E-state index in [1.807, 2.05) is 0 Å². The fourth-order valence-electron chi connectivity index (χ4n) is 1.90. The summed E-state index contributed by atoms with van der Waals surface area (Å²) in [6, 6.07) is 9.60. The summed E-state index contributed by atoms with van der Waals surface area (Å²) in [5.74, 6) is -1.16. The molecule has 120 valence electrons. The van der Waals surface area contributed by atoms with Crippen LogP contribution in [-0.4, -0.2) is 25.0 Å². The third-order valence-corrected chi connectivity index (χ3v) is 3.18. The second-order valence-electron chi connectivity index (χ2n) is 4.57. The van der Waals surface area contributed by atoms with Gasteiger partial charge in [-0.2, -0.15) is 0 Å². The number of halogens is 2. The summed E-state index contributed by atoms with van der Waals surface area (Å²) < 4.78 is 23.1. The summed E-state index contributed by atoms with van der Waals surface area (Å²) in [4.78, 5) is 23.9. The third kappa shape index (κ3) is 4.53. The molecule has 0 radical (unpaired) electrons. The van der Waals surface area contributed by atoms with E-state index in [0.717, 1.165) is 0 Å². The van der Waals surface area contributed by atoms with Crippen molar-refractivity contribution in [2.75, 3.05) is 13.2 Å². The molecule has 0 aromatic heterocycles. The summed E-state index contributed by atoms with van der Waals surface area (Å²) in [5, 5.41) is 0.346. The van der Waals surface area contributed by atoms with Crippen LogP contribution in [0.2, 0.25) is 5.02 Å². The first-order chi connectivity index (χ1) is 11.0. The maximum atomic E-state index is 13.0. The van der Waals surface area contributed by atoms with Gasteiger partial charge in [-0.05, 0) is 49.4 Å². The first-order valence-electron chi connectivity index (χ1n) is 6.89. The highest BCUT2D eigenvalue weighted by molar-refractivity contribution is 6.31. The smallest absolute Gasteiger partial charge is 0.344 e. The van der Waals surface area contributed by atoms with Crippen molar-refractivity contribution >= 4 is 23.4 Å². The third-order valence-electron chi connectivity index (χ3n) is 2.94. The predicted octanol–water partition coefficient (Wildman–Crippen LogP) is 3.65. The van der Waals surface area contributed by atoms with E-state index in [9.17, 15) is 14.0 Å². The van der Waals surface area contributed by atoms with Gasteiger partial charge in [0, 0.05) is 10.6 Å². The van der Waals surface area contributed by atoms with Gasteiger partial charge < -0.3 is 9.47 Å². The fraction of sp³-hybridized carbons (Fsp3) is 0.176. The molecule has 0 N–H and O–H groups in total. The van der Waals surface area contributed by atoms with Crippen LogP contribution in [-0.2, 0) is 9.53 Å². The van der Waals surface area contributed by atoms with Gasteiger partial charge in [0.1, 0.15) is 11.6 Å². The molecule has 0 aliphatic rings. The number of ether oxygens (including phenoxy) is 2. The number of ketones is 1. The summed E-state index contributed by atoms with van der Waals surface area (Å²) in [5.41, 5.74) is 0.475. The lowest BCUT2D eigenvalue weighted by molar-refractivity contribution is -0.145. The van der Waals surface area contributed by atoms with Gasteiger partial charge in [0.25, 0.3) is 0 Å². The van der Waals surface area contributed by atoms with Crippen LogP contribution in [0.1, 0.15) is 22.8 Å². The number of carbonyl (C=O) groups excluding carboxylic acids is 2. The Balaban J connectivity index is 2.26. The summed E-state index contributed by atoms with van der Waals surface area (Å²) in [6.45, 7) is 1.60. The van der Waals surface area contributed by atoms with Crippen molar-refractivity contribution in [3.63, 3.8) is 0 Å². The molecule has 4 nitrogen and oxygen atoms in total. The highest BCUT2D eigenvalue weighted by Gasteiger charge is 2.17. The number of hydrogen-bond donors (Lipinski definition) is 0. The number of hydrogen-bond acceptors (Lipinski definition) is 4. The number of carbonyl (C=O) groups is 2. The molecule has 0 bridgehead atoms. The first-order valence-corrected chi connectivity index (χ1v) is 7.27. The zero-order valence-electron chi connectivity index (χ0n) is 12.3. The van der Waals surface area contributed by atoms with Crippen LogP contribution in [0.15, 0.2) is 42.5 Å². The molecule has 0 aliphatic carbocycles. The van der Waals surface area contributed by atoms with E-state index in [1.165, 1.54) is 36.4 Å². The van der Waals surface area contributed by atoms with E-state index in [4.69, 9.17) is 21.1 Å². The molecule has 0 heterocycles. The van der Waals surface area contributed by atoms with Crippen LogP contribution >= 0.6 is 11.6 Å². The quantitative estimate of drug-likeness (QED) is 0.597. The van der Waals surface area contributed by atoms with E-state index in [-0.39, 0.29) is 35.9 Å². The van der Waals surface area contributed by atoms with Crippen molar-refractivity contribution in [3.05, 3.63) is 64.4 Å². The van der Waals surface area contributed by atoms with Gasteiger partial charge >= 0.3 is 5.97 Å². The predicted molar refractivity (Wildman–Crippen MR) is 83.4 cm³/mol. The van der Waals surface area contributed by atoms with Crippen LogP contribution in [0.3, 0.4) is 0 Å². The zero-order chi connectivity index (χ0) is 16.8. The molecule has 0 spiro atoms. The van der Waals surface area contributed by atoms with Crippen LogP contribution in [0, 0.1) is 5.82 Å². The first kappa shape index (κ1) is 17.0. The lowest BCUT2D eigenvalue weighted by atomic mass is 10.0. The Bertz CT molecular complexity index is 713. The Labute approximate surface area is 137 Å². The summed E-state index contributed by atoms with van der Waals surface area (Å²) in [6.07, 6.45) is 0. The van der Waals surface area contributed by atoms with Crippen LogP contribution in [0.4, 0.5) is 4.39 Å². The molecule has 0 saturated heterocycles. The van der Waals surface area contributed by atoms with E-state index in [1.54, 1.807) is 13.0 Å². The molecule has 0 aliphatic heterocycles. The lowest BCUT2D eigenvalue weighted by Crippen LogP contribution is -2.16. The van der Waals surface area contributed by atoms with Gasteiger partial charge in [-0.25, -0.2) is 9.18 Å². The normalized spacial score (nSPS) is 10.2. The van der Waals surface area contributed by atoms with Gasteiger partial charge in [-0.15, -0.1) is 0 Å². The topological polar surface area (TPSA) is 52.6 Å². The highest BCUT2D eigenvalue weighted by atomic mass is 35.5. The van der Waals surface area contributed by atoms with Gasteiger partial charge in [-0.3, -0.25) is 4.79 Å². The minimum Gasteiger partial charge on any atom is -0.481 e. The zero-order valence-corrected chi connectivity index (χ0v) is 13.1. The van der Waals surface area contributed by atoms with Crippen molar-refractivity contribution in [1.29, 1.82) is 0 Å². The maximum Gasteiger partial charge on any atom is 0.344 e. The minimum absolute atomic E-state index is 0.188. The molecular weight excluding hydrogens is 323 g/mol. The van der Waals surface area contributed by atoms with Crippen molar-refractivity contribution in [2.45, 2.75) is 6.92 Å². The lowest BCUT2D eigenvalue weighted by Gasteiger charge is -2.11. The van der Waals surface area contributed by atoms with Crippen LogP contribution < -0.4 is 4.74 Å². The Kier molecular flexibility index (Phi) is 5.71. The van der Waals surface area contributed by atoms with Crippen molar-refractivity contribution in [3.8, 4) is 5.75 Å². The standard InChI is InChI=1S/C17H14ClFO4/c1-2-22-16(20)10-23-15-8-5-12(18)9-14(15)17(21)11-3-6-13(19)7-4-11/h3-9H,2,10H2,1H3. The molecule has 0 saturated carbocycles. The Morgan fingerprint density at radius 1 is 1.13 bits per heavy atom. The number of rotatable bonds is 6. The monoisotopic (exact) mass is 336 g/mol. The average Bonchev–Trinajstić information content (AvgIpc) is 2.54. The highest BCUT2D eigenvalue weighted by Crippen LogP contribution is 2.25. The van der Waals surface area contributed by atoms with E-state index < -0.39 is 11.8 Å². The van der Waals surface area contributed by atoms with Crippen molar-refractivity contribution in [2.24, 2.45) is 0 Å². The molecule has 0 fully saturated rings. The number of benzene rings is 2. The Morgan fingerprint density at radius 3 is 2.48 bits per heavy atom. The largest absolute Gasteiger partial charge is 0.481 e. The van der Waals surface area contributed by atoms with E-state index in [0.29, 0.717) is 5.02 Å². The number of esters is 1. The Hall–Kier alpha value is -2.40. The van der Waals surface area contributed by atoms with Crippen molar-refractivity contribution < 1.29 is 23.5 Å². The second kappa shape index (κ2) is 7.74. The van der Waals surface area contributed by atoms with Crippen LogP contribution in [0.5, 0.6) is 5.75 Å². The molecule has 23 heavy (non-hydrogen) atoms. The SMILES string of the molecule is CCOC(=O)COc1ccc(Cl)cc1C(=O)c1ccc(F)cc1. The fourth-order valence-corrected chi connectivity index (χ4v) is 2.07. The molecule has 0 amide bonds. The maximum absolute atomic E-state index is 13.0. The van der Waals surface area contributed by atoms with Crippen LogP contribution in [0.25, 0.3) is 0 Å². The van der Waals surface area contributed by atoms with Gasteiger partial charge in [0.2, 0.25) is 0 Å². The molecule has 0 unspecified atom stereocenters. The molecule has 2 aromatic carbocycles. The summed E-state index contributed by atoms with van der Waals surface area (Å²) >= 11 is 5.93. The second-order valence-corrected chi connectivity index (χ2v) is 5.01. The van der Waals surface area contributed by atoms with Crippen molar-refractivity contribution in [1.82, 2.24) is 0 Å². The van der Waals surface area contributed by atoms with E-state index in [2.05, 4.69) is 0 Å². The molecule has 0 atom stereocenters. The molecule has 2 aromatic rings. The van der Waals surface area contributed by atoms with Gasteiger partial charge in [0.15, 0.2) is 12.4 Å². The molecule has 6 heteroatoms. The minimum atomic E-state index is -0.539. The van der Waals surface area contributed by atoms with Gasteiger partial charge in [-0.1, -0.05) is 11.6 Å². The molecule has 2 rings (SSSR count). The summed E-state index contributed by atoms with van der Waals surface area (Å²) in [7, 11) is 0. The molecular formula is C17H14ClFO4.